The van der Waals surface area contributed by atoms with Gasteiger partial charge in [0.1, 0.15) is 10.0 Å². The number of nitrogens with zero attached hydrogens (tertiary/aromatic N) is 2. The zero-order valence-electron chi connectivity index (χ0n) is 7.74. The van der Waals surface area contributed by atoms with Crippen molar-refractivity contribution >= 4 is 11.3 Å². The third-order valence-electron chi connectivity index (χ3n) is 1.45. The first-order valence-electron chi connectivity index (χ1n) is 4.17. The molecule has 68 valence electrons. The molecule has 0 bridgehead atoms. The Bertz CT molecular complexity index is 242. The second kappa shape index (κ2) is 3.96. The van der Waals surface area contributed by atoms with E-state index in [0.717, 1.165) is 16.4 Å². The third-order valence-corrected chi connectivity index (χ3v) is 2.60. The highest BCUT2D eigenvalue weighted by Crippen LogP contribution is 2.17. The number of hydrogen-bond donors (Lipinski definition) is 1. The van der Waals surface area contributed by atoms with Crippen LogP contribution in [0.2, 0.25) is 0 Å². The van der Waals surface area contributed by atoms with E-state index in [1.165, 1.54) is 0 Å². The molecule has 1 aromatic rings. The average molecular weight is 185 g/mol. The molecule has 3 nitrogen and oxygen atoms in total. The first-order chi connectivity index (χ1) is 5.59. The van der Waals surface area contributed by atoms with Gasteiger partial charge in [-0.3, -0.25) is 0 Å². The van der Waals surface area contributed by atoms with Crippen LogP contribution in [-0.2, 0) is 6.42 Å². The molecule has 4 heteroatoms. The van der Waals surface area contributed by atoms with Crippen LogP contribution < -0.4 is 5.73 Å². The summed E-state index contributed by atoms with van der Waals surface area (Å²) in [6.45, 7) is 6.28. The molecular weight excluding hydrogens is 170 g/mol. The zero-order valence-corrected chi connectivity index (χ0v) is 8.56. The second-order valence-electron chi connectivity index (χ2n) is 3.42. The average Bonchev–Trinajstić information content (AvgIpc) is 2.34. The molecule has 0 aliphatic carbocycles. The summed E-state index contributed by atoms with van der Waals surface area (Å²) in [6, 6.07) is 0.0170. The van der Waals surface area contributed by atoms with E-state index in [4.69, 9.17) is 5.73 Å². The highest BCUT2D eigenvalue weighted by atomic mass is 32.1. The fourth-order valence-electron chi connectivity index (χ4n) is 0.882. The minimum atomic E-state index is 0.0170. The van der Waals surface area contributed by atoms with E-state index in [9.17, 15) is 0 Å². The Morgan fingerprint density at radius 1 is 1.33 bits per heavy atom. The van der Waals surface area contributed by atoms with Crippen LogP contribution in [0.5, 0.6) is 0 Å². The van der Waals surface area contributed by atoms with Crippen LogP contribution in [0.15, 0.2) is 0 Å². The van der Waals surface area contributed by atoms with E-state index in [0.29, 0.717) is 5.92 Å². The molecule has 1 unspecified atom stereocenters. The lowest BCUT2D eigenvalue weighted by Crippen LogP contribution is -2.03. The fraction of sp³-hybridized carbons (Fsp3) is 0.750. The van der Waals surface area contributed by atoms with Gasteiger partial charge in [-0.25, -0.2) is 0 Å². The standard InChI is InChI=1S/C8H15N3S/c1-5(2)4-7-10-11-8(12-7)6(3)9/h5-6H,4,9H2,1-3H3. The van der Waals surface area contributed by atoms with Crippen LogP contribution in [0.25, 0.3) is 0 Å². The normalized spacial score (nSPS) is 13.8. The molecule has 0 fully saturated rings. The van der Waals surface area contributed by atoms with Gasteiger partial charge in [0.2, 0.25) is 0 Å². The summed E-state index contributed by atoms with van der Waals surface area (Å²) in [5, 5.41) is 10.1. The molecule has 0 aromatic carbocycles. The van der Waals surface area contributed by atoms with E-state index in [1.807, 2.05) is 6.92 Å². The minimum Gasteiger partial charge on any atom is -0.322 e. The van der Waals surface area contributed by atoms with Gasteiger partial charge in [-0.05, 0) is 12.8 Å². The molecule has 12 heavy (non-hydrogen) atoms. The third kappa shape index (κ3) is 2.53. The van der Waals surface area contributed by atoms with E-state index < -0.39 is 0 Å². The predicted molar refractivity (Wildman–Crippen MR) is 51.1 cm³/mol. The molecule has 0 saturated carbocycles. The van der Waals surface area contributed by atoms with E-state index in [2.05, 4.69) is 24.0 Å². The summed E-state index contributed by atoms with van der Waals surface area (Å²) < 4.78 is 0. The molecule has 0 aliphatic rings. The van der Waals surface area contributed by atoms with E-state index >= 15 is 0 Å². The fourth-order valence-corrected chi connectivity index (χ4v) is 1.89. The lowest BCUT2D eigenvalue weighted by Gasteiger charge is -1.97. The molecule has 0 aliphatic heterocycles. The lowest BCUT2D eigenvalue weighted by molar-refractivity contribution is 0.638. The molecule has 2 N–H and O–H groups in total. The van der Waals surface area contributed by atoms with Crippen molar-refractivity contribution in [3.8, 4) is 0 Å². The Balaban J connectivity index is 2.64. The van der Waals surface area contributed by atoms with E-state index in [1.54, 1.807) is 11.3 Å². The topological polar surface area (TPSA) is 51.8 Å². The molecular formula is C8H15N3S. The maximum Gasteiger partial charge on any atom is 0.133 e. The Morgan fingerprint density at radius 3 is 2.42 bits per heavy atom. The Hall–Kier alpha value is -0.480. The summed E-state index contributed by atoms with van der Waals surface area (Å²) in [5.74, 6) is 0.638. The van der Waals surface area contributed by atoms with Gasteiger partial charge in [0.05, 0.1) is 6.04 Å². The van der Waals surface area contributed by atoms with Crippen molar-refractivity contribution in [1.29, 1.82) is 0 Å². The van der Waals surface area contributed by atoms with Crippen molar-refractivity contribution < 1.29 is 0 Å². The van der Waals surface area contributed by atoms with Gasteiger partial charge in [0.25, 0.3) is 0 Å². The number of nitrogens with two attached hydrogens (primary N) is 1. The molecule has 1 atom stereocenters. The monoisotopic (exact) mass is 185 g/mol. The van der Waals surface area contributed by atoms with Crippen LogP contribution >= 0.6 is 11.3 Å². The van der Waals surface area contributed by atoms with Crippen LogP contribution in [0.3, 0.4) is 0 Å². The molecule has 0 saturated heterocycles. The maximum atomic E-state index is 5.67. The van der Waals surface area contributed by atoms with Crippen LogP contribution in [-0.4, -0.2) is 10.2 Å². The number of rotatable bonds is 3. The first kappa shape index (κ1) is 9.61. The number of aromatic nitrogens is 2. The summed E-state index contributed by atoms with van der Waals surface area (Å²) in [6.07, 6.45) is 1.00. The van der Waals surface area contributed by atoms with Crippen molar-refractivity contribution in [3.63, 3.8) is 0 Å². The largest absolute Gasteiger partial charge is 0.322 e. The molecule has 0 spiro atoms. The highest BCUT2D eigenvalue weighted by molar-refractivity contribution is 7.11. The Kier molecular flexibility index (Phi) is 3.17. The molecule has 0 radical (unpaired) electrons. The van der Waals surface area contributed by atoms with Crippen molar-refractivity contribution in [3.05, 3.63) is 10.0 Å². The van der Waals surface area contributed by atoms with E-state index in [-0.39, 0.29) is 6.04 Å². The highest BCUT2D eigenvalue weighted by Gasteiger charge is 2.08. The van der Waals surface area contributed by atoms with Gasteiger partial charge in [0, 0.05) is 6.42 Å². The quantitative estimate of drug-likeness (QED) is 0.780. The van der Waals surface area contributed by atoms with Gasteiger partial charge in [0.15, 0.2) is 0 Å². The lowest BCUT2D eigenvalue weighted by atomic mass is 10.1. The van der Waals surface area contributed by atoms with Crippen molar-refractivity contribution in [2.45, 2.75) is 33.2 Å². The van der Waals surface area contributed by atoms with Gasteiger partial charge in [-0.15, -0.1) is 10.2 Å². The Labute approximate surface area is 77.0 Å². The summed E-state index contributed by atoms with van der Waals surface area (Å²) in [4.78, 5) is 0. The predicted octanol–water partition coefficient (Wildman–Crippen LogP) is 1.76. The van der Waals surface area contributed by atoms with Gasteiger partial charge in [-0.1, -0.05) is 25.2 Å². The number of hydrogen-bond acceptors (Lipinski definition) is 4. The summed E-state index contributed by atoms with van der Waals surface area (Å²) in [7, 11) is 0. The summed E-state index contributed by atoms with van der Waals surface area (Å²) in [5.41, 5.74) is 5.67. The van der Waals surface area contributed by atoms with Crippen molar-refractivity contribution in [2.24, 2.45) is 11.7 Å². The van der Waals surface area contributed by atoms with Crippen LogP contribution in [0.1, 0.15) is 36.8 Å². The Morgan fingerprint density at radius 2 is 2.00 bits per heavy atom. The SMILES string of the molecule is CC(C)Cc1nnc(C(C)N)s1. The smallest absolute Gasteiger partial charge is 0.133 e. The summed E-state index contributed by atoms with van der Waals surface area (Å²) >= 11 is 1.62. The molecule has 1 rings (SSSR count). The van der Waals surface area contributed by atoms with Gasteiger partial charge < -0.3 is 5.73 Å². The van der Waals surface area contributed by atoms with Gasteiger partial charge >= 0.3 is 0 Å². The van der Waals surface area contributed by atoms with Crippen molar-refractivity contribution in [1.82, 2.24) is 10.2 Å². The van der Waals surface area contributed by atoms with Crippen molar-refractivity contribution in [2.75, 3.05) is 0 Å². The van der Waals surface area contributed by atoms with Crippen LogP contribution in [0.4, 0.5) is 0 Å². The van der Waals surface area contributed by atoms with Crippen LogP contribution in [0, 0.1) is 5.92 Å². The molecule has 1 heterocycles. The minimum absolute atomic E-state index is 0.0170. The molecule has 0 amide bonds. The first-order valence-corrected chi connectivity index (χ1v) is 4.99. The zero-order chi connectivity index (χ0) is 9.14. The molecule has 1 aromatic heterocycles. The second-order valence-corrected chi connectivity index (χ2v) is 4.51. The maximum absolute atomic E-state index is 5.67. The van der Waals surface area contributed by atoms with Gasteiger partial charge in [-0.2, -0.15) is 0 Å².